The Morgan fingerprint density at radius 1 is 0.958 bits per heavy atom. The van der Waals surface area contributed by atoms with Crippen molar-refractivity contribution >= 4 is 15.7 Å². The number of nitrogens with zero attached hydrogens (tertiary/aromatic N) is 1. The fourth-order valence-electron chi connectivity index (χ4n) is 3.05. The Morgan fingerprint density at radius 3 is 2.29 bits per heavy atom. The van der Waals surface area contributed by atoms with Crippen LogP contribution in [0, 0.1) is 0 Å². The third-order valence-electron chi connectivity index (χ3n) is 4.55. The van der Waals surface area contributed by atoms with Crippen LogP contribution < -0.4 is 9.62 Å². The fraction of sp³-hybridized carbons (Fsp3) is 0.368. The number of rotatable bonds is 5. The summed E-state index contributed by atoms with van der Waals surface area (Å²) in [5, 5.41) is 0. The second kappa shape index (κ2) is 6.95. The second-order valence-corrected chi connectivity index (χ2v) is 8.29. The number of hydrogen-bond donors (Lipinski definition) is 1. The van der Waals surface area contributed by atoms with Gasteiger partial charge in [0.05, 0.1) is 4.90 Å². The van der Waals surface area contributed by atoms with Gasteiger partial charge in [-0.2, -0.15) is 0 Å². The van der Waals surface area contributed by atoms with E-state index in [0.717, 1.165) is 30.5 Å². The minimum absolute atomic E-state index is 0.299. The first-order chi connectivity index (χ1) is 11.5. The molecule has 128 valence electrons. The van der Waals surface area contributed by atoms with Gasteiger partial charge in [0.1, 0.15) is 0 Å². The monoisotopic (exact) mass is 344 g/mol. The third-order valence-corrected chi connectivity index (χ3v) is 5.95. The highest BCUT2D eigenvalue weighted by atomic mass is 32.2. The van der Waals surface area contributed by atoms with E-state index < -0.39 is 10.0 Å². The van der Waals surface area contributed by atoms with Gasteiger partial charge in [-0.05, 0) is 66.6 Å². The first kappa shape index (κ1) is 17.0. The van der Waals surface area contributed by atoms with E-state index in [2.05, 4.69) is 4.72 Å². The van der Waals surface area contributed by atoms with Gasteiger partial charge in [-0.3, -0.25) is 0 Å². The Labute approximate surface area is 144 Å². The highest BCUT2D eigenvalue weighted by Gasteiger charge is 2.17. The molecule has 0 amide bonds. The molecule has 0 atom stereocenters. The second-order valence-electron chi connectivity index (χ2n) is 6.52. The molecule has 1 aliphatic carbocycles. The van der Waals surface area contributed by atoms with E-state index >= 15 is 0 Å². The largest absolute Gasteiger partial charge is 0.378 e. The molecule has 3 rings (SSSR count). The van der Waals surface area contributed by atoms with Crippen molar-refractivity contribution in [3.05, 3.63) is 59.2 Å². The Kier molecular flexibility index (Phi) is 4.92. The van der Waals surface area contributed by atoms with Crippen molar-refractivity contribution in [2.24, 2.45) is 0 Å². The summed E-state index contributed by atoms with van der Waals surface area (Å²) < 4.78 is 27.8. The van der Waals surface area contributed by atoms with Gasteiger partial charge in [-0.15, -0.1) is 0 Å². The molecule has 0 unspecified atom stereocenters. The van der Waals surface area contributed by atoms with Crippen LogP contribution in [0.3, 0.4) is 0 Å². The summed E-state index contributed by atoms with van der Waals surface area (Å²) in [7, 11) is 0.481. The SMILES string of the molecule is CN(C)c1ccc(CNS(=O)(=O)c2ccc3c(c2)CCCC3)cc1. The van der Waals surface area contributed by atoms with E-state index in [4.69, 9.17) is 0 Å². The molecule has 24 heavy (non-hydrogen) atoms. The predicted molar refractivity (Wildman–Crippen MR) is 97.9 cm³/mol. The molecule has 0 bridgehead atoms. The van der Waals surface area contributed by atoms with Crippen LogP contribution >= 0.6 is 0 Å². The molecule has 2 aromatic rings. The molecule has 0 radical (unpaired) electrons. The van der Waals surface area contributed by atoms with Gasteiger partial charge in [0, 0.05) is 26.3 Å². The van der Waals surface area contributed by atoms with Crippen LogP contribution in [0.5, 0.6) is 0 Å². The van der Waals surface area contributed by atoms with Crippen LogP contribution in [0.1, 0.15) is 29.5 Å². The molecule has 1 N–H and O–H groups in total. The molecule has 0 spiro atoms. The fourth-order valence-corrected chi connectivity index (χ4v) is 4.12. The summed E-state index contributed by atoms with van der Waals surface area (Å²) >= 11 is 0. The van der Waals surface area contributed by atoms with Crippen LogP contribution in [-0.2, 0) is 29.4 Å². The summed E-state index contributed by atoms with van der Waals surface area (Å²) in [6.07, 6.45) is 4.37. The standard InChI is InChI=1S/C19H24N2O2S/c1-21(2)18-10-7-15(8-11-18)14-20-24(22,23)19-12-9-16-5-3-4-6-17(16)13-19/h7-13,20H,3-6,14H2,1-2H3. The van der Waals surface area contributed by atoms with Crippen LogP contribution in [0.4, 0.5) is 5.69 Å². The Bertz CT molecular complexity index is 812. The van der Waals surface area contributed by atoms with E-state index in [-0.39, 0.29) is 0 Å². The Hall–Kier alpha value is -1.85. The molecule has 0 aromatic heterocycles. The lowest BCUT2D eigenvalue weighted by atomic mass is 9.92. The Balaban J connectivity index is 1.72. The molecule has 0 saturated heterocycles. The van der Waals surface area contributed by atoms with Gasteiger partial charge in [-0.25, -0.2) is 13.1 Å². The maximum atomic E-state index is 12.5. The van der Waals surface area contributed by atoms with Crippen molar-refractivity contribution in [3.8, 4) is 0 Å². The number of fused-ring (bicyclic) bond motifs is 1. The maximum Gasteiger partial charge on any atom is 0.240 e. The van der Waals surface area contributed by atoms with Gasteiger partial charge in [0.25, 0.3) is 0 Å². The molecule has 0 fully saturated rings. The van der Waals surface area contributed by atoms with Gasteiger partial charge >= 0.3 is 0 Å². The average molecular weight is 344 g/mol. The number of benzene rings is 2. The summed E-state index contributed by atoms with van der Waals surface area (Å²) in [4.78, 5) is 2.38. The van der Waals surface area contributed by atoms with E-state index in [0.29, 0.717) is 11.4 Å². The number of sulfonamides is 1. The quantitative estimate of drug-likeness (QED) is 0.907. The zero-order valence-corrected chi connectivity index (χ0v) is 15.1. The van der Waals surface area contributed by atoms with Crippen molar-refractivity contribution < 1.29 is 8.42 Å². The molecule has 0 aliphatic heterocycles. The smallest absolute Gasteiger partial charge is 0.240 e. The van der Waals surface area contributed by atoms with E-state index in [1.807, 2.05) is 55.4 Å². The number of hydrogen-bond acceptors (Lipinski definition) is 3. The summed E-state index contributed by atoms with van der Waals surface area (Å²) in [6, 6.07) is 13.4. The van der Waals surface area contributed by atoms with E-state index in [1.54, 1.807) is 6.07 Å². The van der Waals surface area contributed by atoms with Crippen LogP contribution in [0.25, 0.3) is 0 Å². The number of aryl methyl sites for hydroxylation is 2. The lowest BCUT2D eigenvalue weighted by molar-refractivity contribution is 0.580. The van der Waals surface area contributed by atoms with Crippen molar-refractivity contribution in [1.29, 1.82) is 0 Å². The number of nitrogens with one attached hydrogen (secondary N) is 1. The normalized spacial score (nSPS) is 14.2. The van der Waals surface area contributed by atoms with Crippen molar-refractivity contribution in [2.75, 3.05) is 19.0 Å². The first-order valence-corrected chi connectivity index (χ1v) is 9.82. The zero-order chi connectivity index (χ0) is 17.2. The van der Waals surface area contributed by atoms with Gasteiger partial charge in [0.15, 0.2) is 0 Å². The molecule has 2 aromatic carbocycles. The van der Waals surface area contributed by atoms with Crippen molar-refractivity contribution in [2.45, 2.75) is 37.1 Å². The van der Waals surface area contributed by atoms with E-state index in [1.165, 1.54) is 17.5 Å². The minimum Gasteiger partial charge on any atom is -0.378 e. The topological polar surface area (TPSA) is 49.4 Å². The molecule has 0 saturated carbocycles. The average Bonchev–Trinajstić information content (AvgIpc) is 2.60. The maximum absolute atomic E-state index is 12.5. The number of anilines is 1. The van der Waals surface area contributed by atoms with Gasteiger partial charge in [0.2, 0.25) is 10.0 Å². The van der Waals surface area contributed by atoms with Crippen LogP contribution in [0.15, 0.2) is 47.4 Å². The lowest BCUT2D eigenvalue weighted by Crippen LogP contribution is -2.23. The Morgan fingerprint density at radius 2 is 1.62 bits per heavy atom. The summed E-state index contributed by atoms with van der Waals surface area (Å²) in [5.74, 6) is 0. The third kappa shape index (κ3) is 3.79. The van der Waals surface area contributed by atoms with Crippen LogP contribution in [0.2, 0.25) is 0 Å². The highest BCUT2D eigenvalue weighted by molar-refractivity contribution is 7.89. The highest BCUT2D eigenvalue weighted by Crippen LogP contribution is 2.24. The molecule has 5 heteroatoms. The molecule has 4 nitrogen and oxygen atoms in total. The summed E-state index contributed by atoms with van der Waals surface area (Å²) in [6.45, 7) is 0.299. The zero-order valence-electron chi connectivity index (χ0n) is 14.2. The van der Waals surface area contributed by atoms with Crippen molar-refractivity contribution in [1.82, 2.24) is 4.72 Å². The van der Waals surface area contributed by atoms with Crippen molar-refractivity contribution in [3.63, 3.8) is 0 Å². The minimum atomic E-state index is -3.48. The first-order valence-electron chi connectivity index (χ1n) is 8.33. The molecule has 0 heterocycles. The van der Waals surface area contributed by atoms with Gasteiger partial charge < -0.3 is 4.90 Å². The molecular weight excluding hydrogens is 320 g/mol. The van der Waals surface area contributed by atoms with Gasteiger partial charge in [-0.1, -0.05) is 18.2 Å². The van der Waals surface area contributed by atoms with E-state index in [9.17, 15) is 8.42 Å². The summed E-state index contributed by atoms with van der Waals surface area (Å²) in [5.41, 5.74) is 4.51. The predicted octanol–water partition coefficient (Wildman–Crippen LogP) is 3.11. The van der Waals surface area contributed by atoms with Crippen LogP contribution in [-0.4, -0.2) is 22.5 Å². The lowest BCUT2D eigenvalue weighted by Gasteiger charge is -2.17. The molecular formula is C19H24N2O2S. The molecule has 1 aliphatic rings.